The molecule has 1 N–H and O–H groups in total. The third kappa shape index (κ3) is 5.48. The molecule has 138 valence electrons. The van der Waals surface area contributed by atoms with Gasteiger partial charge in [-0.2, -0.15) is 5.10 Å². The van der Waals surface area contributed by atoms with E-state index >= 15 is 0 Å². The maximum Gasteiger partial charge on any atom is 0.271 e. The summed E-state index contributed by atoms with van der Waals surface area (Å²) in [6.45, 7) is 5.95. The van der Waals surface area contributed by atoms with Gasteiger partial charge in [-0.3, -0.25) is 4.79 Å². The Kier molecular flexibility index (Phi) is 6.36. The first-order valence-electron chi connectivity index (χ1n) is 8.43. The number of thioether (sulfide) groups is 1. The van der Waals surface area contributed by atoms with Crippen molar-refractivity contribution in [2.24, 2.45) is 5.10 Å². The lowest BCUT2D eigenvalue weighted by molar-refractivity contribution is 0.0955. The number of carbonyl (C=O) groups excluding carboxylic acids is 1. The third-order valence-electron chi connectivity index (χ3n) is 3.80. The number of nitrogens with zero attached hydrogens (tertiary/aromatic N) is 3. The molecule has 0 aliphatic heterocycles. The Morgan fingerprint density at radius 1 is 1.15 bits per heavy atom. The molecular weight excluding hydrogens is 376 g/mol. The summed E-state index contributed by atoms with van der Waals surface area (Å²) >= 11 is 3.18. The first kappa shape index (κ1) is 19.3. The Labute approximate surface area is 167 Å². The average molecular weight is 397 g/mol. The minimum Gasteiger partial charge on any atom is -0.267 e. The van der Waals surface area contributed by atoms with Crippen molar-refractivity contribution in [3.8, 4) is 0 Å². The molecule has 0 spiro atoms. The molecule has 0 saturated heterocycles. The number of hydrazone groups is 1. The number of thiophene rings is 1. The molecule has 0 aliphatic carbocycles. The van der Waals surface area contributed by atoms with E-state index in [-0.39, 0.29) is 5.91 Å². The van der Waals surface area contributed by atoms with Gasteiger partial charge in [0.05, 0.1) is 6.21 Å². The largest absolute Gasteiger partial charge is 0.271 e. The molecule has 27 heavy (non-hydrogen) atoms. The van der Waals surface area contributed by atoms with Crippen LogP contribution in [0.2, 0.25) is 0 Å². The van der Waals surface area contributed by atoms with Crippen LogP contribution in [0, 0.1) is 20.8 Å². The second-order valence-electron chi connectivity index (χ2n) is 6.09. The van der Waals surface area contributed by atoms with E-state index in [1.807, 2.05) is 50.4 Å². The molecule has 0 fully saturated rings. The molecule has 5 nitrogen and oxygen atoms in total. The van der Waals surface area contributed by atoms with Crippen molar-refractivity contribution in [2.45, 2.75) is 31.7 Å². The molecule has 0 atom stereocenters. The second-order valence-corrected chi connectivity index (χ2v) is 7.98. The van der Waals surface area contributed by atoms with E-state index in [0.717, 1.165) is 38.3 Å². The van der Waals surface area contributed by atoms with Gasteiger partial charge in [0.1, 0.15) is 0 Å². The Morgan fingerprint density at radius 3 is 2.48 bits per heavy atom. The first-order valence-corrected chi connectivity index (χ1v) is 10.3. The molecule has 7 heteroatoms. The minimum absolute atomic E-state index is 0.225. The summed E-state index contributed by atoms with van der Waals surface area (Å²) in [4.78, 5) is 22.1. The molecule has 2 aromatic heterocycles. The summed E-state index contributed by atoms with van der Waals surface area (Å²) < 4.78 is 0. The number of hydrogen-bond donors (Lipinski definition) is 1. The lowest BCUT2D eigenvalue weighted by Crippen LogP contribution is -2.17. The van der Waals surface area contributed by atoms with Crippen LogP contribution in [0.4, 0.5) is 0 Å². The van der Waals surface area contributed by atoms with Gasteiger partial charge in [-0.05, 0) is 61.5 Å². The van der Waals surface area contributed by atoms with Crippen molar-refractivity contribution in [3.05, 3.63) is 74.7 Å². The summed E-state index contributed by atoms with van der Waals surface area (Å²) in [7, 11) is 0. The molecule has 0 aliphatic rings. The highest BCUT2D eigenvalue weighted by atomic mass is 32.2. The molecule has 2 heterocycles. The fourth-order valence-corrected chi connectivity index (χ4v) is 4.08. The number of hydrogen-bond acceptors (Lipinski definition) is 6. The number of carbonyl (C=O) groups is 1. The van der Waals surface area contributed by atoms with Crippen LogP contribution in [0.5, 0.6) is 0 Å². The van der Waals surface area contributed by atoms with E-state index in [2.05, 4.69) is 20.5 Å². The Balaban J connectivity index is 1.55. The highest BCUT2D eigenvalue weighted by molar-refractivity contribution is 7.98. The molecule has 1 amide bonds. The molecule has 0 radical (unpaired) electrons. The normalized spacial score (nSPS) is 11.1. The number of aromatic nitrogens is 2. The van der Waals surface area contributed by atoms with Crippen molar-refractivity contribution in [3.63, 3.8) is 0 Å². The zero-order valence-corrected chi connectivity index (χ0v) is 17.0. The molecule has 3 rings (SSSR count). The van der Waals surface area contributed by atoms with Crippen LogP contribution in [0.15, 0.2) is 52.0 Å². The fraction of sp³-hybridized carbons (Fsp3) is 0.200. The summed E-state index contributed by atoms with van der Waals surface area (Å²) in [6.07, 6.45) is 1.67. The SMILES string of the molecule is Cc1cc(C)nc(SCc2ccc(C(=O)NN=Cc3sccc3C)cc2)n1. The van der Waals surface area contributed by atoms with Crippen molar-refractivity contribution < 1.29 is 4.79 Å². The quantitative estimate of drug-likeness (QED) is 0.288. The van der Waals surface area contributed by atoms with Crippen LogP contribution in [0.1, 0.15) is 37.7 Å². The van der Waals surface area contributed by atoms with Gasteiger partial charge >= 0.3 is 0 Å². The fourth-order valence-electron chi connectivity index (χ4n) is 2.39. The third-order valence-corrected chi connectivity index (χ3v) is 5.67. The van der Waals surface area contributed by atoms with Crippen LogP contribution in [-0.2, 0) is 5.75 Å². The summed E-state index contributed by atoms with van der Waals surface area (Å²) in [6, 6.07) is 11.5. The number of rotatable bonds is 6. The number of amides is 1. The zero-order chi connectivity index (χ0) is 19.2. The molecule has 1 aromatic carbocycles. The monoisotopic (exact) mass is 396 g/mol. The summed E-state index contributed by atoms with van der Waals surface area (Å²) in [5.74, 6) is 0.526. The lowest BCUT2D eigenvalue weighted by atomic mass is 10.1. The number of nitrogens with one attached hydrogen (secondary N) is 1. The van der Waals surface area contributed by atoms with E-state index in [1.165, 1.54) is 0 Å². The van der Waals surface area contributed by atoms with Gasteiger partial charge in [0, 0.05) is 27.6 Å². The Hall–Kier alpha value is -2.51. The summed E-state index contributed by atoms with van der Waals surface area (Å²) in [5.41, 5.74) is 7.33. The van der Waals surface area contributed by atoms with Crippen LogP contribution >= 0.6 is 23.1 Å². The number of benzene rings is 1. The first-order chi connectivity index (χ1) is 13.0. The zero-order valence-electron chi connectivity index (χ0n) is 15.4. The van der Waals surface area contributed by atoms with Gasteiger partial charge in [0.25, 0.3) is 5.91 Å². The van der Waals surface area contributed by atoms with Gasteiger partial charge in [0.2, 0.25) is 0 Å². The van der Waals surface area contributed by atoms with E-state index in [4.69, 9.17) is 0 Å². The molecule has 3 aromatic rings. The molecule has 0 saturated carbocycles. The Bertz CT molecular complexity index is 944. The van der Waals surface area contributed by atoms with Gasteiger partial charge < -0.3 is 0 Å². The maximum absolute atomic E-state index is 12.2. The van der Waals surface area contributed by atoms with Crippen LogP contribution in [0.25, 0.3) is 0 Å². The average Bonchev–Trinajstić information content (AvgIpc) is 3.04. The smallest absolute Gasteiger partial charge is 0.267 e. The van der Waals surface area contributed by atoms with Crippen LogP contribution in [0.3, 0.4) is 0 Å². The van der Waals surface area contributed by atoms with E-state index in [0.29, 0.717) is 5.56 Å². The topological polar surface area (TPSA) is 67.2 Å². The number of aryl methyl sites for hydroxylation is 3. The van der Waals surface area contributed by atoms with E-state index in [9.17, 15) is 4.79 Å². The van der Waals surface area contributed by atoms with Gasteiger partial charge in [0.15, 0.2) is 5.16 Å². The molecule has 0 bridgehead atoms. The molecule has 0 unspecified atom stereocenters. The van der Waals surface area contributed by atoms with Crippen molar-refractivity contribution >= 4 is 35.2 Å². The van der Waals surface area contributed by atoms with Crippen LogP contribution in [-0.4, -0.2) is 22.1 Å². The standard InChI is InChI=1S/C20H20N4OS2/c1-13-8-9-26-18(13)11-21-24-19(25)17-6-4-16(5-7-17)12-27-20-22-14(2)10-15(3)23-20/h4-11H,12H2,1-3H3,(H,24,25). The summed E-state index contributed by atoms with van der Waals surface area (Å²) in [5, 5.41) is 6.80. The predicted molar refractivity (Wildman–Crippen MR) is 112 cm³/mol. The molecular formula is C20H20N4OS2. The van der Waals surface area contributed by atoms with Crippen LogP contribution < -0.4 is 5.43 Å². The Morgan fingerprint density at radius 2 is 1.85 bits per heavy atom. The van der Waals surface area contributed by atoms with Crippen molar-refractivity contribution in [1.29, 1.82) is 0 Å². The van der Waals surface area contributed by atoms with Gasteiger partial charge in [-0.15, -0.1) is 11.3 Å². The minimum atomic E-state index is -0.225. The second kappa shape index (κ2) is 8.92. The highest BCUT2D eigenvalue weighted by Crippen LogP contribution is 2.20. The lowest BCUT2D eigenvalue weighted by Gasteiger charge is -2.04. The van der Waals surface area contributed by atoms with E-state index in [1.54, 1.807) is 41.4 Å². The highest BCUT2D eigenvalue weighted by Gasteiger charge is 2.06. The predicted octanol–water partition coefficient (Wildman–Crippen LogP) is 4.52. The van der Waals surface area contributed by atoms with Crippen molar-refractivity contribution in [1.82, 2.24) is 15.4 Å². The van der Waals surface area contributed by atoms with Gasteiger partial charge in [-0.1, -0.05) is 23.9 Å². The van der Waals surface area contributed by atoms with Crippen molar-refractivity contribution in [2.75, 3.05) is 0 Å². The van der Waals surface area contributed by atoms with Gasteiger partial charge in [-0.25, -0.2) is 15.4 Å². The maximum atomic E-state index is 12.2. The van der Waals surface area contributed by atoms with E-state index < -0.39 is 0 Å².